The SMILES string of the molecule is C/C=C/[C@@H]1C[C@@H]2O[C@@H]2[C@H]1/C=C\CCCCCCCC(=O)[O-]. The number of allylic oxidation sites excluding steroid dienone is 3. The van der Waals surface area contributed by atoms with E-state index in [4.69, 9.17) is 4.74 Å². The summed E-state index contributed by atoms with van der Waals surface area (Å²) in [5.74, 6) is 0.319. The van der Waals surface area contributed by atoms with Crippen LogP contribution in [0.15, 0.2) is 24.3 Å². The molecule has 1 aliphatic heterocycles. The van der Waals surface area contributed by atoms with Crippen molar-refractivity contribution in [1.29, 1.82) is 0 Å². The first-order chi connectivity index (χ1) is 10.2. The Labute approximate surface area is 128 Å². The van der Waals surface area contributed by atoms with Crippen LogP contribution in [0.25, 0.3) is 0 Å². The fourth-order valence-corrected chi connectivity index (χ4v) is 3.38. The first-order valence-corrected chi connectivity index (χ1v) is 8.37. The van der Waals surface area contributed by atoms with Crippen LogP contribution in [-0.4, -0.2) is 18.2 Å². The zero-order valence-corrected chi connectivity index (χ0v) is 13.0. The molecule has 4 atom stereocenters. The van der Waals surface area contributed by atoms with Gasteiger partial charge in [0.25, 0.3) is 0 Å². The van der Waals surface area contributed by atoms with E-state index < -0.39 is 5.97 Å². The Kier molecular flexibility index (Phi) is 6.50. The molecule has 0 N–H and O–H groups in total. The molecule has 2 fully saturated rings. The van der Waals surface area contributed by atoms with Crippen molar-refractivity contribution in [1.82, 2.24) is 0 Å². The molecule has 0 amide bonds. The maximum atomic E-state index is 10.3. The summed E-state index contributed by atoms with van der Waals surface area (Å²) in [4.78, 5) is 10.3. The monoisotopic (exact) mass is 291 g/mol. The lowest BCUT2D eigenvalue weighted by molar-refractivity contribution is -0.305. The summed E-state index contributed by atoms with van der Waals surface area (Å²) in [6.07, 6.45) is 17.9. The summed E-state index contributed by atoms with van der Waals surface area (Å²) in [5.41, 5.74) is 0. The van der Waals surface area contributed by atoms with Crippen LogP contribution in [0.2, 0.25) is 0 Å². The number of unbranched alkanes of at least 4 members (excludes halogenated alkanes) is 5. The average molecular weight is 291 g/mol. The fraction of sp³-hybridized carbons (Fsp3) is 0.722. The van der Waals surface area contributed by atoms with Crippen LogP contribution in [-0.2, 0) is 9.53 Å². The van der Waals surface area contributed by atoms with Crippen molar-refractivity contribution in [2.45, 2.75) is 70.5 Å². The highest BCUT2D eigenvalue weighted by Crippen LogP contribution is 2.48. The van der Waals surface area contributed by atoms with Crippen LogP contribution in [0.4, 0.5) is 0 Å². The number of epoxide rings is 1. The van der Waals surface area contributed by atoms with E-state index in [0.29, 0.717) is 24.0 Å². The molecule has 2 rings (SSSR count). The standard InChI is InChI=1S/C18H28O3/c1-2-10-14-13-16-18(21-16)15(14)11-8-6-4-3-5-7-9-12-17(19)20/h2,8,10-11,14-16,18H,3-7,9,12-13H2,1H3,(H,19,20)/p-1/b10-2+,11-8-/t14-,15+,16+,18-/m1/s1. The Bertz CT molecular complexity index is 386. The molecule has 0 radical (unpaired) electrons. The Morgan fingerprint density at radius 3 is 2.71 bits per heavy atom. The highest BCUT2D eigenvalue weighted by atomic mass is 16.6. The van der Waals surface area contributed by atoms with Crippen molar-refractivity contribution < 1.29 is 14.6 Å². The predicted molar refractivity (Wildman–Crippen MR) is 81.5 cm³/mol. The van der Waals surface area contributed by atoms with Crippen molar-refractivity contribution in [2.75, 3.05) is 0 Å². The topological polar surface area (TPSA) is 52.7 Å². The van der Waals surface area contributed by atoms with E-state index in [1.54, 1.807) is 0 Å². The van der Waals surface area contributed by atoms with Gasteiger partial charge in [0.1, 0.15) is 0 Å². The zero-order valence-electron chi connectivity index (χ0n) is 13.0. The van der Waals surface area contributed by atoms with Crippen molar-refractivity contribution in [3.05, 3.63) is 24.3 Å². The second-order valence-corrected chi connectivity index (χ2v) is 6.25. The summed E-state index contributed by atoms with van der Waals surface area (Å²) < 4.78 is 5.65. The van der Waals surface area contributed by atoms with E-state index in [1.807, 2.05) is 0 Å². The third-order valence-electron chi connectivity index (χ3n) is 4.55. The summed E-state index contributed by atoms with van der Waals surface area (Å²) in [7, 11) is 0. The molecule has 3 nitrogen and oxygen atoms in total. The molecule has 0 aromatic carbocycles. The molecule has 1 saturated carbocycles. The number of hydrogen-bond acceptors (Lipinski definition) is 3. The van der Waals surface area contributed by atoms with Crippen LogP contribution in [0.5, 0.6) is 0 Å². The van der Waals surface area contributed by atoms with E-state index in [9.17, 15) is 9.90 Å². The van der Waals surface area contributed by atoms with Crippen LogP contribution < -0.4 is 5.11 Å². The molecule has 0 aromatic heterocycles. The minimum absolute atomic E-state index is 0.205. The molecule has 0 aromatic rings. The normalized spacial score (nSPS) is 31.1. The van der Waals surface area contributed by atoms with Crippen molar-refractivity contribution in [3.63, 3.8) is 0 Å². The van der Waals surface area contributed by atoms with Gasteiger partial charge in [-0.15, -0.1) is 0 Å². The van der Waals surface area contributed by atoms with Gasteiger partial charge in [0.05, 0.1) is 12.2 Å². The van der Waals surface area contributed by atoms with E-state index in [2.05, 4.69) is 31.2 Å². The van der Waals surface area contributed by atoms with Gasteiger partial charge in [0, 0.05) is 11.9 Å². The molecule has 1 saturated heterocycles. The number of rotatable bonds is 10. The minimum atomic E-state index is -0.925. The number of carbonyl (C=O) groups excluding carboxylic acids is 1. The fourth-order valence-electron chi connectivity index (χ4n) is 3.38. The number of aliphatic carboxylic acids is 1. The zero-order chi connectivity index (χ0) is 15.1. The summed E-state index contributed by atoms with van der Waals surface area (Å²) in [5, 5.41) is 10.3. The third kappa shape index (κ3) is 5.31. The first-order valence-electron chi connectivity index (χ1n) is 8.37. The number of carbonyl (C=O) groups is 1. The van der Waals surface area contributed by atoms with Gasteiger partial charge in [-0.25, -0.2) is 0 Å². The van der Waals surface area contributed by atoms with Crippen molar-refractivity contribution in [3.8, 4) is 0 Å². The number of fused-ring (bicyclic) bond motifs is 1. The molecule has 118 valence electrons. The van der Waals surface area contributed by atoms with Crippen LogP contribution in [0.1, 0.15) is 58.3 Å². The lowest BCUT2D eigenvalue weighted by atomic mass is 9.93. The van der Waals surface area contributed by atoms with E-state index >= 15 is 0 Å². The van der Waals surface area contributed by atoms with Crippen molar-refractivity contribution >= 4 is 5.97 Å². The molecule has 2 aliphatic rings. The molecule has 21 heavy (non-hydrogen) atoms. The summed E-state index contributed by atoms with van der Waals surface area (Å²) in [6, 6.07) is 0. The molecule has 0 unspecified atom stereocenters. The van der Waals surface area contributed by atoms with E-state index in [0.717, 1.165) is 25.7 Å². The van der Waals surface area contributed by atoms with E-state index in [-0.39, 0.29) is 6.42 Å². The van der Waals surface area contributed by atoms with Crippen molar-refractivity contribution in [2.24, 2.45) is 11.8 Å². The Balaban J connectivity index is 1.53. The predicted octanol–water partition coefficient (Wildman–Crippen LogP) is 3.00. The Morgan fingerprint density at radius 2 is 1.95 bits per heavy atom. The third-order valence-corrected chi connectivity index (χ3v) is 4.55. The van der Waals surface area contributed by atoms with Gasteiger partial charge in [0.15, 0.2) is 0 Å². The number of hydrogen-bond donors (Lipinski definition) is 0. The molecular formula is C18H27O3-. The quantitative estimate of drug-likeness (QED) is 0.353. The highest BCUT2D eigenvalue weighted by molar-refractivity contribution is 5.64. The number of ether oxygens (including phenoxy) is 1. The summed E-state index contributed by atoms with van der Waals surface area (Å²) in [6.45, 7) is 2.09. The van der Waals surface area contributed by atoms with Gasteiger partial charge in [-0.1, -0.05) is 43.6 Å². The second-order valence-electron chi connectivity index (χ2n) is 6.25. The lowest BCUT2D eigenvalue weighted by Gasteiger charge is -2.14. The highest BCUT2D eigenvalue weighted by Gasteiger charge is 2.53. The smallest absolute Gasteiger partial charge is 0.0910 e. The molecular weight excluding hydrogens is 264 g/mol. The van der Waals surface area contributed by atoms with Gasteiger partial charge in [-0.05, 0) is 44.9 Å². The molecule has 1 heterocycles. The number of carboxylic acid groups (broad SMARTS) is 1. The number of carboxylic acids is 1. The Morgan fingerprint density at radius 1 is 1.19 bits per heavy atom. The molecule has 1 aliphatic carbocycles. The van der Waals surface area contributed by atoms with Crippen LogP contribution in [0.3, 0.4) is 0 Å². The van der Waals surface area contributed by atoms with Crippen LogP contribution >= 0.6 is 0 Å². The summed E-state index contributed by atoms with van der Waals surface area (Å²) >= 11 is 0. The van der Waals surface area contributed by atoms with Gasteiger partial charge in [-0.3, -0.25) is 0 Å². The lowest BCUT2D eigenvalue weighted by Crippen LogP contribution is -2.21. The Hall–Kier alpha value is -1.09. The maximum absolute atomic E-state index is 10.3. The average Bonchev–Trinajstić information content (AvgIpc) is 3.12. The van der Waals surface area contributed by atoms with Gasteiger partial charge >= 0.3 is 0 Å². The van der Waals surface area contributed by atoms with Gasteiger partial charge in [0.2, 0.25) is 0 Å². The molecule has 0 bridgehead atoms. The molecule has 3 heteroatoms. The van der Waals surface area contributed by atoms with Crippen LogP contribution in [0, 0.1) is 11.8 Å². The molecule has 0 spiro atoms. The second kappa shape index (κ2) is 8.38. The largest absolute Gasteiger partial charge is 0.550 e. The minimum Gasteiger partial charge on any atom is -0.550 e. The maximum Gasteiger partial charge on any atom is 0.0910 e. The first kappa shape index (κ1) is 16.3. The van der Waals surface area contributed by atoms with Gasteiger partial charge < -0.3 is 14.6 Å². The van der Waals surface area contributed by atoms with E-state index in [1.165, 1.54) is 19.3 Å². The van der Waals surface area contributed by atoms with Gasteiger partial charge in [-0.2, -0.15) is 0 Å².